The zero-order valence-electron chi connectivity index (χ0n) is 13.0. The summed E-state index contributed by atoms with van der Waals surface area (Å²) in [5, 5.41) is 10.6. The fraction of sp³-hybridized carbons (Fsp3) is 0.375. The van der Waals surface area contributed by atoms with E-state index in [1.165, 1.54) is 24.3 Å². The average Bonchev–Trinajstić information content (AvgIpc) is 2.52. The number of rotatable bonds is 9. The highest BCUT2D eigenvalue weighted by Gasteiger charge is 2.16. The third kappa shape index (κ3) is 6.29. The number of esters is 1. The van der Waals surface area contributed by atoms with Gasteiger partial charge in [-0.1, -0.05) is 26.2 Å². The van der Waals surface area contributed by atoms with Crippen LogP contribution in [-0.4, -0.2) is 23.4 Å². The van der Waals surface area contributed by atoms with Gasteiger partial charge in [0.15, 0.2) is 0 Å². The van der Waals surface area contributed by atoms with Crippen molar-refractivity contribution in [2.24, 2.45) is 5.73 Å². The molecule has 0 aliphatic rings. The van der Waals surface area contributed by atoms with Crippen molar-refractivity contribution in [1.29, 1.82) is 0 Å². The van der Waals surface area contributed by atoms with Crippen LogP contribution in [0.2, 0.25) is 0 Å². The highest BCUT2D eigenvalue weighted by atomic mass is 16.6. The Morgan fingerprint density at radius 3 is 2.39 bits per heavy atom. The van der Waals surface area contributed by atoms with E-state index in [4.69, 9.17) is 10.5 Å². The average molecular weight is 320 g/mol. The van der Waals surface area contributed by atoms with Gasteiger partial charge in [0.25, 0.3) is 5.69 Å². The van der Waals surface area contributed by atoms with E-state index >= 15 is 0 Å². The second-order valence-electron chi connectivity index (χ2n) is 4.96. The lowest BCUT2D eigenvalue weighted by atomic mass is 10.1. The summed E-state index contributed by atoms with van der Waals surface area (Å²) in [5.74, 6) is -1.46. The van der Waals surface area contributed by atoms with Crippen molar-refractivity contribution >= 4 is 23.1 Å². The van der Waals surface area contributed by atoms with Crippen molar-refractivity contribution in [3.63, 3.8) is 0 Å². The third-order valence-corrected chi connectivity index (χ3v) is 3.13. The van der Waals surface area contributed by atoms with Gasteiger partial charge in [-0.15, -0.1) is 0 Å². The topological polar surface area (TPSA) is 113 Å². The molecule has 124 valence electrons. The van der Waals surface area contributed by atoms with E-state index in [1.54, 1.807) is 0 Å². The first kappa shape index (κ1) is 18.3. The van der Waals surface area contributed by atoms with Crippen LogP contribution in [0.25, 0.3) is 5.57 Å². The molecule has 23 heavy (non-hydrogen) atoms. The number of carbonyl (C=O) groups is 2. The van der Waals surface area contributed by atoms with E-state index in [2.05, 4.69) is 6.92 Å². The Bertz CT molecular complexity index is 593. The Labute approximate surface area is 134 Å². The van der Waals surface area contributed by atoms with Crippen molar-refractivity contribution in [1.82, 2.24) is 0 Å². The van der Waals surface area contributed by atoms with E-state index in [9.17, 15) is 19.7 Å². The van der Waals surface area contributed by atoms with Crippen LogP contribution >= 0.6 is 0 Å². The van der Waals surface area contributed by atoms with Crippen LogP contribution in [0.1, 0.15) is 38.2 Å². The van der Waals surface area contributed by atoms with Crippen LogP contribution in [0.3, 0.4) is 0 Å². The first-order valence-electron chi connectivity index (χ1n) is 7.38. The van der Waals surface area contributed by atoms with Crippen LogP contribution in [0.5, 0.6) is 0 Å². The van der Waals surface area contributed by atoms with Crippen molar-refractivity contribution in [2.45, 2.75) is 32.6 Å². The summed E-state index contributed by atoms with van der Waals surface area (Å²) in [7, 11) is 0. The molecule has 0 aromatic heterocycles. The molecule has 0 unspecified atom stereocenters. The maximum atomic E-state index is 12.1. The van der Waals surface area contributed by atoms with Gasteiger partial charge in [0.05, 0.1) is 17.1 Å². The second-order valence-corrected chi connectivity index (χ2v) is 4.96. The van der Waals surface area contributed by atoms with E-state index < -0.39 is 16.8 Å². The number of benzene rings is 1. The van der Waals surface area contributed by atoms with Crippen LogP contribution in [-0.2, 0) is 14.3 Å². The predicted molar refractivity (Wildman–Crippen MR) is 85.4 cm³/mol. The highest BCUT2D eigenvalue weighted by molar-refractivity contribution is 6.20. The largest absolute Gasteiger partial charge is 0.462 e. The molecule has 0 spiro atoms. The monoisotopic (exact) mass is 320 g/mol. The Balaban J connectivity index is 2.82. The number of hydrogen-bond acceptors (Lipinski definition) is 5. The van der Waals surface area contributed by atoms with Gasteiger partial charge in [-0.25, -0.2) is 4.79 Å². The summed E-state index contributed by atoms with van der Waals surface area (Å²) >= 11 is 0. The van der Waals surface area contributed by atoms with Crippen LogP contribution in [0.15, 0.2) is 30.3 Å². The Kier molecular flexibility index (Phi) is 7.45. The van der Waals surface area contributed by atoms with E-state index in [-0.39, 0.29) is 17.9 Å². The molecule has 1 aromatic carbocycles. The van der Waals surface area contributed by atoms with Gasteiger partial charge in [-0.2, -0.15) is 0 Å². The lowest BCUT2D eigenvalue weighted by Crippen LogP contribution is -2.13. The number of non-ortho nitro benzene ring substituents is 1. The molecule has 0 aliphatic heterocycles. The summed E-state index contributed by atoms with van der Waals surface area (Å²) in [6.45, 7) is 2.33. The maximum Gasteiger partial charge on any atom is 0.338 e. The van der Waals surface area contributed by atoms with Crippen molar-refractivity contribution < 1.29 is 19.2 Å². The Hall–Kier alpha value is -2.70. The van der Waals surface area contributed by atoms with Crippen LogP contribution in [0.4, 0.5) is 5.69 Å². The Morgan fingerprint density at radius 1 is 1.22 bits per heavy atom. The van der Waals surface area contributed by atoms with Gasteiger partial charge < -0.3 is 10.5 Å². The summed E-state index contributed by atoms with van der Waals surface area (Å²) in [4.78, 5) is 33.3. The van der Waals surface area contributed by atoms with Gasteiger partial charge in [-0.3, -0.25) is 14.9 Å². The lowest BCUT2D eigenvalue weighted by molar-refractivity contribution is -0.384. The third-order valence-electron chi connectivity index (χ3n) is 3.13. The molecule has 2 N–H and O–H groups in total. The molecule has 7 nitrogen and oxygen atoms in total. The van der Waals surface area contributed by atoms with Crippen molar-refractivity contribution in [2.75, 3.05) is 6.61 Å². The highest BCUT2D eigenvalue weighted by Crippen LogP contribution is 2.20. The smallest absolute Gasteiger partial charge is 0.338 e. The summed E-state index contributed by atoms with van der Waals surface area (Å²) < 4.78 is 5.13. The molecule has 0 atom stereocenters. The number of nitrogens with zero attached hydrogens (tertiary/aromatic N) is 1. The molecule has 7 heteroatoms. The number of ether oxygens (including phenoxy) is 1. The van der Waals surface area contributed by atoms with Crippen molar-refractivity contribution in [3.05, 3.63) is 46.0 Å². The standard InChI is InChI=1S/C16H20N2O5/c1-2-3-4-5-10-23-16(20)14(11-15(17)19)12-6-8-13(9-7-12)18(21)22/h6-9,11H,2-5,10H2,1H3,(H2,17,19)/b14-11-. The molecule has 1 aromatic rings. The molecular weight excluding hydrogens is 300 g/mol. The molecule has 0 saturated heterocycles. The molecule has 0 bridgehead atoms. The van der Waals surface area contributed by atoms with E-state index in [0.717, 1.165) is 31.8 Å². The minimum absolute atomic E-state index is 0.0112. The normalized spacial score (nSPS) is 11.1. The van der Waals surface area contributed by atoms with Gasteiger partial charge in [0.1, 0.15) is 0 Å². The molecule has 0 fully saturated rings. The molecular formula is C16H20N2O5. The summed E-state index contributed by atoms with van der Waals surface area (Å²) in [6.07, 6.45) is 4.79. The number of amides is 1. The predicted octanol–water partition coefficient (Wildman–Crippen LogP) is 2.59. The van der Waals surface area contributed by atoms with Crippen LogP contribution < -0.4 is 5.73 Å². The number of primary amides is 1. The van der Waals surface area contributed by atoms with E-state index in [0.29, 0.717) is 5.56 Å². The maximum absolute atomic E-state index is 12.1. The zero-order valence-corrected chi connectivity index (χ0v) is 13.0. The van der Waals surface area contributed by atoms with E-state index in [1.807, 2.05) is 0 Å². The van der Waals surface area contributed by atoms with Gasteiger partial charge in [-0.05, 0) is 24.1 Å². The number of nitro groups is 1. The number of nitro benzene ring substituents is 1. The first-order chi connectivity index (χ1) is 11.0. The number of nitrogens with two attached hydrogens (primary N) is 1. The lowest BCUT2D eigenvalue weighted by Gasteiger charge is -2.08. The van der Waals surface area contributed by atoms with Gasteiger partial charge in [0, 0.05) is 18.2 Å². The molecule has 1 amide bonds. The van der Waals surface area contributed by atoms with Gasteiger partial charge in [0.2, 0.25) is 5.91 Å². The SMILES string of the molecule is CCCCCCOC(=O)/C(=C\C(N)=O)c1ccc([N+](=O)[O-])cc1. The fourth-order valence-corrected chi connectivity index (χ4v) is 1.94. The second kappa shape index (κ2) is 9.34. The molecule has 0 radical (unpaired) electrons. The first-order valence-corrected chi connectivity index (χ1v) is 7.38. The summed E-state index contributed by atoms with van der Waals surface area (Å²) in [6, 6.07) is 5.26. The molecule has 0 saturated carbocycles. The molecule has 1 rings (SSSR count). The number of unbranched alkanes of at least 4 members (excludes halogenated alkanes) is 3. The minimum atomic E-state index is -0.790. The van der Waals surface area contributed by atoms with Crippen molar-refractivity contribution in [3.8, 4) is 0 Å². The molecule has 0 heterocycles. The Morgan fingerprint density at radius 2 is 1.87 bits per heavy atom. The van der Waals surface area contributed by atoms with Gasteiger partial charge >= 0.3 is 5.97 Å². The quantitative estimate of drug-likeness (QED) is 0.247. The minimum Gasteiger partial charge on any atom is -0.462 e. The molecule has 0 aliphatic carbocycles. The fourth-order valence-electron chi connectivity index (χ4n) is 1.94. The van der Waals surface area contributed by atoms with Crippen LogP contribution in [0, 0.1) is 10.1 Å². The zero-order chi connectivity index (χ0) is 17.2. The summed E-state index contributed by atoms with van der Waals surface area (Å²) in [5.41, 5.74) is 5.33. The number of carbonyl (C=O) groups excluding carboxylic acids is 2. The number of hydrogen-bond donors (Lipinski definition) is 1.